The van der Waals surface area contributed by atoms with Gasteiger partial charge in [-0.3, -0.25) is 0 Å². The molecule has 84 valence electrons. The first-order valence-corrected chi connectivity index (χ1v) is 5.23. The Hall–Kier alpha value is -0.770. The SMILES string of the molecule is CNCC(O)COc1cc(C)ccc1Cl. The maximum absolute atomic E-state index is 9.44. The van der Waals surface area contributed by atoms with Gasteiger partial charge in [-0.15, -0.1) is 0 Å². The van der Waals surface area contributed by atoms with Crippen LogP contribution in [0.25, 0.3) is 0 Å². The molecule has 0 fully saturated rings. The normalized spacial score (nSPS) is 12.5. The highest BCUT2D eigenvalue weighted by Crippen LogP contribution is 2.25. The van der Waals surface area contributed by atoms with Crippen LogP contribution in [0.4, 0.5) is 0 Å². The summed E-state index contributed by atoms with van der Waals surface area (Å²) in [6.07, 6.45) is -0.522. The molecular weight excluding hydrogens is 214 g/mol. The fourth-order valence-corrected chi connectivity index (χ4v) is 1.37. The molecule has 0 bridgehead atoms. The van der Waals surface area contributed by atoms with Gasteiger partial charge < -0.3 is 15.2 Å². The van der Waals surface area contributed by atoms with Crippen LogP contribution in [0.5, 0.6) is 5.75 Å². The van der Waals surface area contributed by atoms with Crippen LogP contribution < -0.4 is 10.1 Å². The molecule has 15 heavy (non-hydrogen) atoms. The van der Waals surface area contributed by atoms with E-state index in [1.807, 2.05) is 19.1 Å². The summed E-state index contributed by atoms with van der Waals surface area (Å²) >= 11 is 5.93. The Morgan fingerprint density at radius 3 is 2.93 bits per heavy atom. The van der Waals surface area contributed by atoms with Crippen molar-refractivity contribution in [3.63, 3.8) is 0 Å². The highest BCUT2D eigenvalue weighted by Gasteiger charge is 2.06. The molecule has 0 aliphatic carbocycles. The highest BCUT2D eigenvalue weighted by atomic mass is 35.5. The van der Waals surface area contributed by atoms with Gasteiger partial charge >= 0.3 is 0 Å². The molecule has 1 aromatic rings. The molecule has 4 heteroatoms. The zero-order valence-electron chi connectivity index (χ0n) is 8.96. The van der Waals surface area contributed by atoms with Crippen molar-refractivity contribution >= 4 is 11.6 Å². The molecule has 0 spiro atoms. The van der Waals surface area contributed by atoms with Gasteiger partial charge in [-0.05, 0) is 31.7 Å². The number of aliphatic hydroxyl groups excluding tert-OH is 1. The standard InChI is InChI=1S/C11H16ClNO2/c1-8-3-4-10(12)11(5-8)15-7-9(14)6-13-2/h3-5,9,13-14H,6-7H2,1-2H3. The smallest absolute Gasteiger partial charge is 0.138 e. The van der Waals surface area contributed by atoms with Crippen LogP contribution in [-0.2, 0) is 0 Å². The van der Waals surface area contributed by atoms with Crippen molar-refractivity contribution in [2.45, 2.75) is 13.0 Å². The van der Waals surface area contributed by atoms with Crippen molar-refractivity contribution < 1.29 is 9.84 Å². The lowest BCUT2D eigenvalue weighted by Crippen LogP contribution is -2.29. The van der Waals surface area contributed by atoms with Gasteiger partial charge in [0.15, 0.2) is 0 Å². The van der Waals surface area contributed by atoms with Crippen molar-refractivity contribution in [2.75, 3.05) is 20.2 Å². The molecule has 2 N–H and O–H groups in total. The Kier molecular flexibility index (Phi) is 4.88. The van der Waals surface area contributed by atoms with Gasteiger partial charge in [0.05, 0.1) is 5.02 Å². The predicted molar refractivity (Wildman–Crippen MR) is 61.6 cm³/mol. The topological polar surface area (TPSA) is 41.5 Å². The molecule has 1 rings (SSSR count). The number of likely N-dealkylation sites (N-methyl/N-ethyl adjacent to an activating group) is 1. The van der Waals surface area contributed by atoms with Crippen LogP contribution >= 0.6 is 11.6 Å². The van der Waals surface area contributed by atoms with Gasteiger partial charge in [-0.25, -0.2) is 0 Å². The second kappa shape index (κ2) is 5.95. The number of halogens is 1. The van der Waals surface area contributed by atoms with Crippen molar-refractivity contribution in [3.05, 3.63) is 28.8 Å². The average molecular weight is 230 g/mol. The minimum absolute atomic E-state index is 0.240. The molecule has 0 saturated heterocycles. The fraction of sp³-hybridized carbons (Fsp3) is 0.455. The van der Waals surface area contributed by atoms with Crippen LogP contribution in [0.1, 0.15) is 5.56 Å². The Morgan fingerprint density at radius 1 is 1.53 bits per heavy atom. The first kappa shape index (κ1) is 12.3. The summed E-state index contributed by atoms with van der Waals surface area (Å²) in [6.45, 7) is 2.71. The lowest BCUT2D eigenvalue weighted by Gasteiger charge is -2.13. The molecule has 1 aromatic carbocycles. The minimum atomic E-state index is -0.522. The van der Waals surface area contributed by atoms with Crippen LogP contribution in [0.2, 0.25) is 5.02 Å². The maximum atomic E-state index is 9.44. The number of hydrogen-bond donors (Lipinski definition) is 2. The third-order valence-corrected chi connectivity index (χ3v) is 2.27. The summed E-state index contributed by atoms with van der Waals surface area (Å²) in [4.78, 5) is 0. The van der Waals surface area contributed by atoms with Gasteiger partial charge in [0, 0.05) is 6.54 Å². The summed E-state index contributed by atoms with van der Waals surface area (Å²) in [7, 11) is 1.78. The Balaban J connectivity index is 2.53. The number of hydrogen-bond acceptors (Lipinski definition) is 3. The molecule has 1 atom stereocenters. The number of aryl methyl sites for hydroxylation is 1. The summed E-state index contributed by atoms with van der Waals surface area (Å²) in [5.41, 5.74) is 1.08. The maximum Gasteiger partial charge on any atom is 0.138 e. The van der Waals surface area contributed by atoms with Gasteiger partial charge in [-0.2, -0.15) is 0 Å². The second-order valence-corrected chi connectivity index (χ2v) is 3.86. The second-order valence-electron chi connectivity index (χ2n) is 3.46. The van der Waals surface area contributed by atoms with E-state index >= 15 is 0 Å². The summed E-state index contributed by atoms with van der Waals surface area (Å²) in [6, 6.07) is 5.56. The summed E-state index contributed by atoms with van der Waals surface area (Å²) in [5, 5.41) is 12.9. The van der Waals surface area contributed by atoms with Crippen molar-refractivity contribution in [3.8, 4) is 5.75 Å². The third kappa shape index (κ3) is 4.08. The minimum Gasteiger partial charge on any atom is -0.489 e. The molecule has 1 unspecified atom stereocenters. The average Bonchev–Trinajstić information content (AvgIpc) is 2.20. The van der Waals surface area contributed by atoms with Crippen molar-refractivity contribution in [1.29, 1.82) is 0 Å². The molecule has 0 saturated carbocycles. The van der Waals surface area contributed by atoms with E-state index in [4.69, 9.17) is 16.3 Å². The van der Waals surface area contributed by atoms with E-state index in [2.05, 4.69) is 5.32 Å². The monoisotopic (exact) mass is 229 g/mol. The van der Waals surface area contributed by atoms with E-state index in [0.717, 1.165) is 5.56 Å². The van der Waals surface area contributed by atoms with Crippen molar-refractivity contribution in [2.24, 2.45) is 0 Å². The molecule has 3 nitrogen and oxygen atoms in total. The molecule has 0 aromatic heterocycles. The Morgan fingerprint density at radius 2 is 2.27 bits per heavy atom. The first-order valence-electron chi connectivity index (χ1n) is 4.85. The van der Waals surface area contributed by atoms with E-state index < -0.39 is 6.10 Å². The number of rotatable bonds is 5. The van der Waals surface area contributed by atoms with Crippen LogP contribution in [-0.4, -0.2) is 31.4 Å². The molecule has 0 radical (unpaired) electrons. The third-order valence-electron chi connectivity index (χ3n) is 1.96. The van der Waals surface area contributed by atoms with Crippen LogP contribution in [0, 0.1) is 6.92 Å². The fourth-order valence-electron chi connectivity index (χ4n) is 1.20. The van der Waals surface area contributed by atoms with Gasteiger partial charge in [0.2, 0.25) is 0 Å². The Bertz CT molecular complexity index is 317. The summed E-state index contributed by atoms with van der Waals surface area (Å²) in [5.74, 6) is 0.617. The highest BCUT2D eigenvalue weighted by molar-refractivity contribution is 6.32. The lowest BCUT2D eigenvalue weighted by molar-refractivity contribution is 0.108. The van der Waals surface area contributed by atoms with Crippen LogP contribution in [0.3, 0.4) is 0 Å². The van der Waals surface area contributed by atoms with E-state index in [1.54, 1.807) is 13.1 Å². The first-order chi connectivity index (χ1) is 7.13. The van der Waals surface area contributed by atoms with E-state index in [9.17, 15) is 5.11 Å². The largest absolute Gasteiger partial charge is 0.489 e. The number of benzene rings is 1. The van der Waals surface area contributed by atoms with Gasteiger partial charge in [0.25, 0.3) is 0 Å². The number of ether oxygens (including phenoxy) is 1. The number of nitrogens with one attached hydrogen (secondary N) is 1. The molecule has 0 aliphatic rings. The molecule has 0 heterocycles. The van der Waals surface area contributed by atoms with E-state index in [1.165, 1.54) is 0 Å². The van der Waals surface area contributed by atoms with Gasteiger partial charge in [-0.1, -0.05) is 17.7 Å². The molecule has 0 amide bonds. The quantitative estimate of drug-likeness (QED) is 0.806. The predicted octanol–water partition coefficient (Wildman–Crippen LogP) is 1.61. The molecular formula is C11H16ClNO2. The van der Waals surface area contributed by atoms with E-state index in [-0.39, 0.29) is 6.61 Å². The van der Waals surface area contributed by atoms with Crippen molar-refractivity contribution in [1.82, 2.24) is 5.32 Å². The Labute approximate surface area is 95.0 Å². The van der Waals surface area contributed by atoms with Gasteiger partial charge in [0.1, 0.15) is 18.5 Å². The zero-order chi connectivity index (χ0) is 11.3. The number of aliphatic hydroxyl groups is 1. The van der Waals surface area contributed by atoms with Crippen LogP contribution in [0.15, 0.2) is 18.2 Å². The lowest BCUT2D eigenvalue weighted by atomic mass is 10.2. The molecule has 0 aliphatic heterocycles. The van der Waals surface area contributed by atoms with E-state index in [0.29, 0.717) is 17.3 Å². The summed E-state index contributed by atoms with van der Waals surface area (Å²) < 4.78 is 5.41. The zero-order valence-corrected chi connectivity index (χ0v) is 9.71.